The molecular weight excluding hydrogens is 368 g/mol. The lowest BCUT2D eigenvalue weighted by atomic mass is 9.72. The summed E-state index contributed by atoms with van der Waals surface area (Å²) in [6.07, 6.45) is 7.90. The zero-order valence-corrected chi connectivity index (χ0v) is 19.0. The Kier molecular flexibility index (Phi) is 5.90. The molecule has 0 spiro atoms. The zero-order chi connectivity index (χ0) is 22.1. The van der Waals surface area contributed by atoms with E-state index in [1.165, 1.54) is 23.8 Å². The summed E-state index contributed by atoms with van der Waals surface area (Å²) in [6.45, 7) is 15.6. The first kappa shape index (κ1) is 21.8. The van der Waals surface area contributed by atoms with Crippen molar-refractivity contribution in [1.29, 1.82) is 0 Å². The van der Waals surface area contributed by atoms with Gasteiger partial charge in [0.1, 0.15) is 0 Å². The summed E-state index contributed by atoms with van der Waals surface area (Å²) >= 11 is 0. The molecule has 0 fully saturated rings. The molecule has 0 N–H and O–H groups in total. The van der Waals surface area contributed by atoms with Crippen molar-refractivity contribution in [2.24, 2.45) is 5.41 Å². The predicted octanol–water partition coefficient (Wildman–Crippen LogP) is 7.20. The second-order valence-electron chi connectivity index (χ2n) is 9.75. The maximum atomic E-state index is 11.7. The monoisotopic (exact) mass is 400 g/mol. The van der Waals surface area contributed by atoms with Crippen molar-refractivity contribution in [3.05, 3.63) is 95.1 Å². The van der Waals surface area contributed by atoms with Gasteiger partial charge in [-0.3, -0.25) is 0 Å². The number of methoxy groups -OCH3 is 1. The molecule has 0 amide bonds. The van der Waals surface area contributed by atoms with Crippen molar-refractivity contribution < 1.29 is 9.53 Å². The lowest BCUT2D eigenvalue weighted by molar-refractivity contribution is 0.0600. The smallest absolute Gasteiger partial charge is 0.337 e. The van der Waals surface area contributed by atoms with Crippen LogP contribution in [0, 0.1) is 5.41 Å². The van der Waals surface area contributed by atoms with Gasteiger partial charge in [0.15, 0.2) is 0 Å². The first-order valence-corrected chi connectivity index (χ1v) is 10.4. The average molecular weight is 401 g/mol. The third-order valence-electron chi connectivity index (χ3n) is 5.66. The van der Waals surface area contributed by atoms with E-state index in [2.05, 4.69) is 77.6 Å². The standard InChI is InChI=1S/C28H32O2/c1-19(20-8-10-22(11-9-20)26(29)30-7)23-12-13-25-24(18-23)21(14-16-27(2,3)4)15-17-28(25,5)6/h8-16,18H,1,17H2,2-7H3/b16-14-. The van der Waals surface area contributed by atoms with Crippen LogP contribution in [0.3, 0.4) is 0 Å². The molecule has 0 saturated heterocycles. The number of allylic oxidation sites excluding steroid dienone is 4. The molecule has 0 heterocycles. The van der Waals surface area contributed by atoms with Gasteiger partial charge in [-0.15, -0.1) is 0 Å². The Morgan fingerprint density at radius 1 is 1.03 bits per heavy atom. The minimum atomic E-state index is -0.330. The summed E-state index contributed by atoms with van der Waals surface area (Å²) in [5.41, 5.74) is 7.73. The van der Waals surface area contributed by atoms with E-state index in [9.17, 15) is 4.79 Å². The van der Waals surface area contributed by atoms with E-state index in [0.29, 0.717) is 5.56 Å². The SMILES string of the molecule is C=C(c1ccc(C(=O)OC)cc1)c1ccc2c(c1)C(/C=C\C(C)(C)C)=CCC2(C)C. The number of carbonyl (C=O) groups excluding carboxylic acids is 1. The molecule has 2 heteroatoms. The fourth-order valence-corrected chi connectivity index (χ4v) is 3.74. The highest BCUT2D eigenvalue weighted by molar-refractivity contribution is 5.90. The Balaban J connectivity index is 1.99. The number of rotatable bonds is 4. The van der Waals surface area contributed by atoms with Gasteiger partial charge in [0.25, 0.3) is 0 Å². The Morgan fingerprint density at radius 3 is 2.23 bits per heavy atom. The topological polar surface area (TPSA) is 26.3 Å². The van der Waals surface area contributed by atoms with Crippen LogP contribution in [-0.2, 0) is 10.2 Å². The van der Waals surface area contributed by atoms with E-state index < -0.39 is 0 Å². The van der Waals surface area contributed by atoms with E-state index in [4.69, 9.17) is 4.74 Å². The van der Waals surface area contributed by atoms with Crippen molar-refractivity contribution in [3.8, 4) is 0 Å². The predicted molar refractivity (Wildman–Crippen MR) is 127 cm³/mol. The minimum Gasteiger partial charge on any atom is -0.465 e. The van der Waals surface area contributed by atoms with Gasteiger partial charge in [0, 0.05) is 0 Å². The quantitative estimate of drug-likeness (QED) is 0.507. The highest BCUT2D eigenvalue weighted by Gasteiger charge is 2.27. The van der Waals surface area contributed by atoms with Gasteiger partial charge in [-0.1, -0.05) is 83.7 Å². The number of ether oxygens (including phenoxy) is 1. The Hall–Kier alpha value is -2.87. The first-order chi connectivity index (χ1) is 14.0. The second-order valence-corrected chi connectivity index (χ2v) is 9.75. The van der Waals surface area contributed by atoms with E-state index in [0.717, 1.165) is 23.1 Å². The summed E-state index contributed by atoms with van der Waals surface area (Å²) in [6, 6.07) is 14.1. The summed E-state index contributed by atoms with van der Waals surface area (Å²) in [7, 11) is 1.39. The van der Waals surface area contributed by atoms with Crippen LogP contribution in [0.1, 0.15) is 73.7 Å². The zero-order valence-electron chi connectivity index (χ0n) is 19.0. The summed E-state index contributed by atoms with van der Waals surface area (Å²) in [5, 5.41) is 0. The number of hydrogen-bond donors (Lipinski definition) is 0. The van der Waals surface area contributed by atoms with Crippen LogP contribution in [-0.4, -0.2) is 13.1 Å². The van der Waals surface area contributed by atoms with Crippen LogP contribution in [0.15, 0.2) is 67.3 Å². The molecule has 0 atom stereocenters. The summed E-state index contributed by atoms with van der Waals surface area (Å²) in [5.74, 6) is -0.330. The maximum Gasteiger partial charge on any atom is 0.337 e. The van der Waals surface area contributed by atoms with Crippen LogP contribution in [0.4, 0.5) is 0 Å². The second kappa shape index (κ2) is 8.10. The number of hydrogen-bond acceptors (Lipinski definition) is 2. The van der Waals surface area contributed by atoms with E-state index in [-0.39, 0.29) is 16.8 Å². The van der Waals surface area contributed by atoms with Crippen LogP contribution in [0.25, 0.3) is 11.1 Å². The van der Waals surface area contributed by atoms with Gasteiger partial charge in [0.05, 0.1) is 12.7 Å². The molecule has 0 aliphatic heterocycles. The van der Waals surface area contributed by atoms with Crippen molar-refractivity contribution >= 4 is 17.1 Å². The Bertz CT molecular complexity index is 1030. The van der Waals surface area contributed by atoms with Gasteiger partial charge >= 0.3 is 5.97 Å². The van der Waals surface area contributed by atoms with Crippen molar-refractivity contribution in [2.75, 3.05) is 7.11 Å². The highest BCUT2D eigenvalue weighted by Crippen LogP contribution is 2.41. The lowest BCUT2D eigenvalue weighted by Crippen LogP contribution is -2.21. The third kappa shape index (κ3) is 4.64. The van der Waals surface area contributed by atoms with Crippen molar-refractivity contribution in [1.82, 2.24) is 0 Å². The molecule has 2 aromatic rings. The Morgan fingerprint density at radius 2 is 1.63 bits per heavy atom. The van der Waals surface area contributed by atoms with Crippen molar-refractivity contribution in [3.63, 3.8) is 0 Å². The fraction of sp³-hybridized carbons (Fsp3) is 0.321. The van der Waals surface area contributed by atoms with Gasteiger partial charge < -0.3 is 4.74 Å². The van der Waals surface area contributed by atoms with Crippen LogP contribution < -0.4 is 0 Å². The lowest BCUT2D eigenvalue weighted by Gasteiger charge is -2.32. The van der Waals surface area contributed by atoms with Gasteiger partial charge in [-0.25, -0.2) is 4.79 Å². The van der Waals surface area contributed by atoms with Crippen LogP contribution in [0.5, 0.6) is 0 Å². The number of fused-ring (bicyclic) bond motifs is 1. The summed E-state index contributed by atoms with van der Waals surface area (Å²) in [4.78, 5) is 11.7. The van der Waals surface area contributed by atoms with Crippen LogP contribution in [0.2, 0.25) is 0 Å². The number of esters is 1. The third-order valence-corrected chi connectivity index (χ3v) is 5.66. The molecule has 0 radical (unpaired) electrons. The molecule has 30 heavy (non-hydrogen) atoms. The minimum absolute atomic E-state index is 0.108. The molecule has 1 aliphatic rings. The Labute approximate surface area is 181 Å². The highest BCUT2D eigenvalue weighted by atomic mass is 16.5. The summed E-state index contributed by atoms with van der Waals surface area (Å²) < 4.78 is 4.79. The first-order valence-electron chi connectivity index (χ1n) is 10.4. The molecular formula is C28H32O2. The van der Waals surface area contributed by atoms with Crippen LogP contribution >= 0.6 is 0 Å². The largest absolute Gasteiger partial charge is 0.465 e. The molecule has 156 valence electrons. The maximum absolute atomic E-state index is 11.7. The molecule has 0 aromatic heterocycles. The van der Waals surface area contributed by atoms with Gasteiger partial charge in [0.2, 0.25) is 0 Å². The molecule has 2 nitrogen and oxygen atoms in total. The fourth-order valence-electron chi connectivity index (χ4n) is 3.74. The average Bonchev–Trinajstić information content (AvgIpc) is 2.71. The van der Waals surface area contributed by atoms with E-state index in [1.54, 1.807) is 12.1 Å². The number of benzene rings is 2. The molecule has 1 aliphatic carbocycles. The molecule has 0 unspecified atom stereocenters. The van der Waals surface area contributed by atoms with E-state index >= 15 is 0 Å². The normalized spacial score (nSPS) is 15.5. The van der Waals surface area contributed by atoms with Gasteiger partial charge in [-0.2, -0.15) is 0 Å². The molecule has 0 saturated carbocycles. The molecule has 3 rings (SSSR count). The molecule has 2 aromatic carbocycles. The van der Waals surface area contributed by atoms with E-state index in [1.807, 2.05) is 12.1 Å². The van der Waals surface area contributed by atoms with Crippen molar-refractivity contribution in [2.45, 2.75) is 46.5 Å². The number of carbonyl (C=O) groups is 1. The van der Waals surface area contributed by atoms with Gasteiger partial charge in [-0.05, 0) is 68.8 Å². The molecule has 0 bridgehead atoms.